The maximum atomic E-state index is 12.7. The molecule has 2 N–H and O–H groups in total. The minimum Gasteiger partial charge on any atom is -0.459 e. The number of benzene rings is 3. The second-order valence-electron chi connectivity index (χ2n) is 8.19. The molecule has 0 saturated heterocycles. The Balaban J connectivity index is 1.56. The Kier molecular flexibility index (Phi) is 7.58. The zero-order valence-corrected chi connectivity index (χ0v) is 19.1. The van der Waals surface area contributed by atoms with Crippen LogP contribution in [-0.2, 0) is 14.2 Å². The summed E-state index contributed by atoms with van der Waals surface area (Å²) in [6.45, 7) is -0.738. The van der Waals surface area contributed by atoms with Gasteiger partial charge in [0.2, 0.25) is 0 Å². The molecule has 4 unspecified atom stereocenters. The van der Waals surface area contributed by atoms with Crippen LogP contribution in [0.1, 0.15) is 31.1 Å². The maximum Gasteiger partial charge on any atom is 0.338 e. The van der Waals surface area contributed by atoms with E-state index in [9.17, 15) is 24.6 Å². The highest BCUT2D eigenvalue weighted by Crippen LogP contribution is 2.31. The summed E-state index contributed by atoms with van der Waals surface area (Å²) in [5.41, 5.74) is -1.62. The molecule has 4 rings (SSSR count). The Morgan fingerprint density at radius 2 is 1.11 bits per heavy atom. The summed E-state index contributed by atoms with van der Waals surface area (Å²) in [5.74, 6) is -2.24. The summed E-state index contributed by atoms with van der Waals surface area (Å²) in [5, 5.41) is 22.6. The molecule has 0 aromatic heterocycles. The van der Waals surface area contributed by atoms with E-state index in [1.807, 2.05) is 0 Å². The van der Waals surface area contributed by atoms with Crippen LogP contribution in [-0.4, -0.2) is 58.6 Å². The fourth-order valence-electron chi connectivity index (χ4n) is 3.71. The number of aliphatic hydroxyl groups excluding tert-OH is 1. The van der Waals surface area contributed by atoms with Gasteiger partial charge in [0.15, 0.2) is 11.7 Å². The van der Waals surface area contributed by atoms with Gasteiger partial charge in [-0.15, -0.1) is 0 Å². The van der Waals surface area contributed by atoms with Gasteiger partial charge >= 0.3 is 17.9 Å². The predicted molar refractivity (Wildman–Crippen MR) is 128 cm³/mol. The molecule has 3 aromatic rings. The van der Waals surface area contributed by atoms with Crippen LogP contribution in [0.3, 0.4) is 0 Å². The van der Waals surface area contributed by atoms with E-state index < -0.39 is 48.4 Å². The third-order valence-electron chi connectivity index (χ3n) is 5.73. The van der Waals surface area contributed by atoms with Crippen molar-refractivity contribution in [2.75, 3.05) is 6.61 Å². The van der Waals surface area contributed by atoms with Crippen molar-refractivity contribution in [3.05, 3.63) is 120 Å². The van der Waals surface area contributed by atoms with Crippen molar-refractivity contribution < 1.29 is 38.8 Å². The molecule has 0 amide bonds. The van der Waals surface area contributed by atoms with E-state index in [1.54, 1.807) is 66.7 Å². The lowest BCUT2D eigenvalue weighted by Crippen LogP contribution is -2.62. The number of esters is 3. The van der Waals surface area contributed by atoms with Gasteiger partial charge in [-0.2, -0.15) is 0 Å². The molecule has 8 nitrogen and oxygen atoms in total. The third-order valence-corrected chi connectivity index (χ3v) is 5.73. The smallest absolute Gasteiger partial charge is 0.338 e. The number of hydrogen-bond donors (Lipinski definition) is 2. The monoisotopic (exact) mass is 488 g/mol. The van der Waals surface area contributed by atoms with E-state index >= 15 is 0 Å². The first-order valence-corrected chi connectivity index (χ1v) is 11.2. The molecule has 0 heterocycles. The number of hydrogen-bond acceptors (Lipinski definition) is 8. The number of carbonyl (C=O) groups is 3. The number of aliphatic hydroxyl groups is 2. The lowest BCUT2D eigenvalue weighted by Gasteiger charge is -2.42. The van der Waals surface area contributed by atoms with Gasteiger partial charge in [0, 0.05) is 0 Å². The summed E-state index contributed by atoms with van der Waals surface area (Å²) in [6, 6.07) is 24.3. The summed E-state index contributed by atoms with van der Waals surface area (Å²) in [7, 11) is 0. The average Bonchev–Trinajstić information content (AvgIpc) is 2.93. The van der Waals surface area contributed by atoms with Gasteiger partial charge in [0.1, 0.15) is 18.8 Å². The van der Waals surface area contributed by atoms with Crippen LogP contribution >= 0.6 is 0 Å². The van der Waals surface area contributed by atoms with Crippen LogP contribution in [0, 0.1) is 0 Å². The summed E-state index contributed by atoms with van der Waals surface area (Å²) < 4.78 is 16.2. The molecule has 1 aliphatic carbocycles. The molecule has 4 atom stereocenters. The zero-order valence-electron chi connectivity index (χ0n) is 19.1. The first-order chi connectivity index (χ1) is 17.4. The number of ether oxygens (including phenoxy) is 3. The average molecular weight is 488 g/mol. The quantitative estimate of drug-likeness (QED) is 0.296. The molecule has 184 valence electrons. The van der Waals surface area contributed by atoms with E-state index in [-0.39, 0.29) is 16.7 Å². The Morgan fingerprint density at radius 3 is 1.61 bits per heavy atom. The highest BCUT2D eigenvalue weighted by atomic mass is 16.6. The van der Waals surface area contributed by atoms with Crippen molar-refractivity contribution in [3.63, 3.8) is 0 Å². The van der Waals surface area contributed by atoms with E-state index in [4.69, 9.17) is 14.2 Å². The van der Waals surface area contributed by atoms with Crippen LogP contribution in [0.25, 0.3) is 0 Å². The molecular weight excluding hydrogens is 464 g/mol. The minimum absolute atomic E-state index is 0.224. The van der Waals surface area contributed by atoms with Crippen LogP contribution in [0.4, 0.5) is 0 Å². The first kappa shape index (κ1) is 24.8. The normalized spacial score (nSPS) is 22.9. The predicted octanol–water partition coefficient (Wildman–Crippen LogP) is 2.96. The van der Waals surface area contributed by atoms with Crippen molar-refractivity contribution in [2.24, 2.45) is 0 Å². The molecule has 0 spiro atoms. The van der Waals surface area contributed by atoms with Crippen LogP contribution in [0.2, 0.25) is 0 Å². The van der Waals surface area contributed by atoms with Gasteiger partial charge in [-0.25, -0.2) is 14.4 Å². The second-order valence-corrected chi connectivity index (χ2v) is 8.19. The van der Waals surface area contributed by atoms with Crippen molar-refractivity contribution in [1.29, 1.82) is 0 Å². The highest BCUT2D eigenvalue weighted by molar-refractivity contribution is 5.90. The summed E-state index contributed by atoms with van der Waals surface area (Å²) in [4.78, 5) is 37.7. The Bertz CT molecular complexity index is 1230. The fourth-order valence-corrected chi connectivity index (χ4v) is 3.71. The maximum absolute atomic E-state index is 12.7. The van der Waals surface area contributed by atoms with Crippen LogP contribution in [0.5, 0.6) is 0 Å². The topological polar surface area (TPSA) is 119 Å². The van der Waals surface area contributed by atoms with Gasteiger partial charge in [-0.05, 0) is 48.6 Å². The van der Waals surface area contributed by atoms with E-state index in [0.29, 0.717) is 0 Å². The minimum atomic E-state index is -2.31. The SMILES string of the molecule is O=C(OCC1(O)C(OC(=O)c2ccccc2)C=CC(OC(=O)c2ccccc2)C1O)c1ccccc1. The lowest BCUT2D eigenvalue weighted by atomic mass is 9.82. The molecule has 8 heteroatoms. The van der Waals surface area contributed by atoms with E-state index in [2.05, 4.69) is 0 Å². The largest absolute Gasteiger partial charge is 0.459 e. The van der Waals surface area contributed by atoms with Crippen LogP contribution < -0.4 is 0 Å². The standard InChI is InChI=1S/C28H24O8/c29-24-22(35-26(31)20-12-6-2-7-13-20)16-17-23(36-27(32)21-14-8-3-9-15-21)28(24,33)18-34-25(30)19-10-4-1-5-11-19/h1-17,22-24,29,33H,18H2. The van der Waals surface area contributed by atoms with Crippen LogP contribution in [0.15, 0.2) is 103 Å². The Morgan fingerprint density at radius 1 is 0.667 bits per heavy atom. The molecule has 0 saturated carbocycles. The highest BCUT2D eigenvalue weighted by Gasteiger charge is 2.52. The van der Waals surface area contributed by atoms with E-state index in [0.717, 1.165) is 0 Å². The van der Waals surface area contributed by atoms with Crippen molar-refractivity contribution in [2.45, 2.75) is 23.9 Å². The zero-order chi connectivity index (χ0) is 25.5. The third kappa shape index (κ3) is 5.51. The van der Waals surface area contributed by atoms with E-state index in [1.165, 1.54) is 36.4 Å². The lowest BCUT2D eigenvalue weighted by molar-refractivity contribution is -0.184. The van der Waals surface area contributed by atoms with Crippen molar-refractivity contribution >= 4 is 17.9 Å². The number of carbonyl (C=O) groups excluding carboxylic acids is 3. The Hall–Kier alpha value is -4.27. The molecule has 1 aliphatic rings. The van der Waals surface area contributed by atoms with Gasteiger partial charge in [0.05, 0.1) is 16.7 Å². The fraction of sp³-hybridized carbons (Fsp3) is 0.179. The number of rotatable bonds is 7. The van der Waals surface area contributed by atoms with Gasteiger partial charge in [-0.1, -0.05) is 54.6 Å². The molecular formula is C28H24O8. The van der Waals surface area contributed by atoms with Gasteiger partial charge < -0.3 is 24.4 Å². The Labute approximate surface area is 207 Å². The first-order valence-electron chi connectivity index (χ1n) is 11.2. The summed E-state index contributed by atoms with van der Waals surface area (Å²) >= 11 is 0. The molecule has 3 aromatic carbocycles. The molecule has 0 radical (unpaired) electrons. The molecule has 0 aliphatic heterocycles. The van der Waals surface area contributed by atoms with Crippen molar-refractivity contribution in [3.8, 4) is 0 Å². The molecule has 0 fully saturated rings. The molecule has 0 bridgehead atoms. The molecule has 36 heavy (non-hydrogen) atoms. The van der Waals surface area contributed by atoms with Gasteiger partial charge in [-0.3, -0.25) is 0 Å². The second kappa shape index (κ2) is 11.0. The van der Waals surface area contributed by atoms with Gasteiger partial charge in [0.25, 0.3) is 0 Å². The van der Waals surface area contributed by atoms with Crippen molar-refractivity contribution in [1.82, 2.24) is 0 Å². The summed E-state index contributed by atoms with van der Waals surface area (Å²) in [6.07, 6.45) is -1.87.